The zero-order valence-corrected chi connectivity index (χ0v) is 9.95. The predicted molar refractivity (Wildman–Crippen MR) is 59.4 cm³/mol. The van der Waals surface area contributed by atoms with Crippen molar-refractivity contribution in [3.63, 3.8) is 0 Å². The largest absolute Gasteiger partial charge is 0.377 e. The molecule has 1 amide bonds. The third-order valence-corrected chi connectivity index (χ3v) is 3.38. The van der Waals surface area contributed by atoms with E-state index in [9.17, 15) is 4.79 Å². The Morgan fingerprint density at radius 1 is 1.67 bits per heavy atom. The summed E-state index contributed by atoms with van der Waals surface area (Å²) in [6.07, 6.45) is 0.784. The third-order valence-electron chi connectivity index (χ3n) is 3.38. The van der Waals surface area contributed by atoms with Crippen molar-refractivity contribution in [3.8, 4) is 0 Å². The van der Waals surface area contributed by atoms with Gasteiger partial charge >= 0.3 is 0 Å². The predicted octanol–water partition coefficient (Wildman–Crippen LogP) is 0.609. The van der Waals surface area contributed by atoms with Gasteiger partial charge in [0.05, 0.1) is 24.7 Å². The highest BCUT2D eigenvalue weighted by atomic mass is 16.5. The Labute approximate surface area is 91.8 Å². The van der Waals surface area contributed by atoms with Gasteiger partial charge in [0, 0.05) is 13.1 Å². The van der Waals surface area contributed by atoms with E-state index in [2.05, 4.69) is 0 Å². The van der Waals surface area contributed by atoms with Crippen LogP contribution in [0.2, 0.25) is 0 Å². The van der Waals surface area contributed by atoms with Gasteiger partial charge in [0.2, 0.25) is 5.91 Å². The first-order chi connectivity index (χ1) is 7.05. The maximum absolute atomic E-state index is 12.3. The smallest absolute Gasteiger partial charge is 0.230 e. The van der Waals surface area contributed by atoms with Gasteiger partial charge in [-0.15, -0.1) is 0 Å². The molecule has 1 heterocycles. The van der Waals surface area contributed by atoms with Crippen LogP contribution in [-0.2, 0) is 9.53 Å². The van der Waals surface area contributed by atoms with Gasteiger partial charge in [-0.05, 0) is 20.3 Å². The molecule has 0 aromatic carbocycles. The number of nitrogens with two attached hydrogens (primary N) is 1. The molecule has 1 rings (SSSR count). The number of hydrogen-bond acceptors (Lipinski definition) is 3. The van der Waals surface area contributed by atoms with Crippen LogP contribution < -0.4 is 5.73 Å². The Balaban J connectivity index is 2.73. The number of nitrogens with zero attached hydrogens (tertiary/aromatic N) is 1. The molecular weight excluding hydrogens is 192 g/mol. The second-order valence-corrected chi connectivity index (χ2v) is 4.54. The van der Waals surface area contributed by atoms with Gasteiger partial charge in [0.25, 0.3) is 0 Å². The molecule has 2 atom stereocenters. The van der Waals surface area contributed by atoms with Gasteiger partial charge in [0.1, 0.15) is 0 Å². The standard InChI is InChI=1S/C11H22N2O2/c1-4-11(3,8-12)10(14)13-5-6-15-7-9(13)2/h9H,4-8,12H2,1-3H3/t9-,11?/m1/s1. The minimum absolute atomic E-state index is 0.170. The van der Waals surface area contributed by atoms with Gasteiger partial charge in [0.15, 0.2) is 0 Å². The lowest BCUT2D eigenvalue weighted by atomic mass is 9.85. The molecule has 0 bridgehead atoms. The molecular formula is C11H22N2O2. The normalized spacial score (nSPS) is 26.1. The van der Waals surface area contributed by atoms with Gasteiger partial charge in [-0.3, -0.25) is 4.79 Å². The zero-order valence-electron chi connectivity index (χ0n) is 9.95. The van der Waals surface area contributed by atoms with E-state index >= 15 is 0 Å². The molecule has 1 aliphatic heterocycles. The highest BCUT2D eigenvalue weighted by Gasteiger charge is 2.36. The number of carbonyl (C=O) groups is 1. The first-order valence-corrected chi connectivity index (χ1v) is 5.64. The summed E-state index contributed by atoms with van der Waals surface area (Å²) in [6, 6.07) is 0.170. The summed E-state index contributed by atoms with van der Waals surface area (Å²) in [5.74, 6) is 0.170. The molecule has 0 radical (unpaired) electrons. The Morgan fingerprint density at radius 2 is 2.33 bits per heavy atom. The Kier molecular flexibility index (Phi) is 4.11. The Bertz CT molecular complexity index is 227. The van der Waals surface area contributed by atoms with Crippen molar-refractivity contribution in [1.82, 2.24) is 4.90 Å². The molecule has 4 heteroatoms. The minimum Gasteiger partial charge on any atom is -0.377 e. The van der Waals surface area contributed by atoms with Crippen LogP contribution in [0.5, 0.6) is 0 Å². The average molecular weight is 214 g/mol. The summed E-state index contributed by atoms with van der Waals surface area (Å²) in [5, 5.41) is 0. The van der Waals surface area contributed by atoms with Crippen LogP contribution >= 0.6 is 0 Å². The van der Waals surface area contributed by atoms with Crippen LogP contribution in [0.4, 0.5) is 0 Å². The van der Waals surface area contributed by atoms with E-state index in [4.69, 9.17) is 10.5 Å². The molecule has 0 aromatic heterocycles. The van der Waals surface area contributed by atoms with Crippen LogP contribution in [0.3, 0.4) is 0 Å². The highest BCUT2D eigenvalue weighted by Crippen LogP contribution is 2.24. The summed E-state index contributed by atoms with van der Waals surface area (Å²) in [4.78, 5) is 14.2. The lowest BCUT2D eigenvalue weighted by Crippen LogP contribution is -2.54. The molecule has 0 aromatic rings. The lowest BCUT2D eigenvalue weighted by molar-refractivity contribution is -0.149. The van der Waals surface area contributed by atoms with Crippen molar-refractivity contribution in [2.24, 2.45) is 11.1 Å². The van der Waals surface area contributed by atoms with Gasteiger partial charge in [-0.25, -0.2) is 0 Å². The molecule has 0 spiro atoms. The van der Waals surface area contributed by atoms with Crippen molar-refractivity contribution in [1.29, 1.82) is 0 Å². The zero-order chi connectivity index (χ0) is 11.5. The first kappa shape index (κ1) is 12.5. The Hall–Kier alpha value is -0.610. The lowest BCUT2D eigenvalue weighted by Gasteiger charge is -2.39. The molecule has 0 saturated carbocycles. The van der Waals surface area contributed by atoms with E-state index in [1.807, 2.05) is 25.7 Å². The molecule has 1 saturated heterocycles. The molecule has 2 N–H and O–H groups in total. The van der Waals surface area contributed by atoms with Crippen LogP contribution in [0.15, 0.2) is 0 Å². The molecule has 1 fully saturated rings. The van der Waals surface area contributed by atoms with Gasteiger partial charge in [-0.2, -0.15) is 0 Å². The second kappa shape index (κ2) is 4.94. The summed E-state index contributed by atoms with van der Waals surface area (Å²) < 4.78 is 5.32. The molecule has 88 valence electrons. The topological polar surface area (TPSA) is 55.6 Å². The van der Waals surface area contributed by atoms with Crippen molar-refractivity contribution in [2.45, 2.75) is 33.2 Å². The van der Waals surface area contributed by atoms with Crippen LogP contribution in [0, 0.1) is 5.41 Å². The fourth-order valence-electron chi connectivity index (χ4n) is 1.76. The fraction of sp³-hybridized carbons (Fsp3) is 0.909. The number of carbonyl (C=O) groups excluding carboxylic acids is 1. The van der Waals surface area contributed by atoms with E-state index in [0.717, 1.165) is 6.42 Å². The highest BCUT2D eigenvalue weighted by molar-refractivity contribution is 5.83. The second-order valence-electron chi connectivity index (χ2n) is 4.54. The molecule has 0 aliphatic carbocycles. The maximum Gasteiger partial charge on any atom is 0.230 e. The van der Waals surface area contributed by atoms with Crippen molar-refractivity contribution in [3.05, 3.63) is 0 Å². The van der Waals surface area contributed by atoms with Crippen LogP contribution in [-0.4, -0.2) is 43.2 Å². The van der Waals surface area contributed by atoms with Gasteiger partial charge < -0.3 is 15.4 Å². The molecule has 4 nitrogen and oxygen atoms in total. The Morgan fingerprint density at radius 3 is 2.80 bits per heavy atom. The van der Waals surface area contributed by atoms with E-state index in [1.165, 1.54) is 0 Å². The number of ether oxygens (including phenoxy) is 1. The number of hydrogen-bond donors (Lipinski definition) is 1. The maximum atomic E-state index is 12.3. The van der Waals surface area contributed by atoms with Crippen LogP contribution in [0.25, 0.3) is 0 Å². The van der Waals surface area contributed by atoms with E-state index in [0.29, 0.717) is 26.3 Å². The molecule has 1 aliphatic rings. The number of rotatable bonds is 3. The van der Waals surface area contributed by atoms with Crippen molar-refractivity contribution >= 4 is 5.91 Å². The number of morpholine rings is 1. The summed E-state index contributed by atoms with van der Waals surface area (Å²) in [6.45, 7) is 8.34. The molecule has 15 heavy (non-hydrogen) atoms. The summed E-state index contributed by atoms with van der Waals surface area (Å²) in [5.41, 5.74) is 5.28. The van der Waals surface area contributed by atoms with E-state index in [-0.39, 0.29) is 11.9 Å². The monoisotopic (exact) mass is 214 g/mol. The number of amides is 1. The van der Waals surface area contributed by atoms with Crippen molar-refractivity contribution in [2.75, 3.05) is 26.3 Å². The minimum atomic E-state index is -0.411. The van der Waals surface area contributed by atoms with Crippen molar-refractivity contribution < 1.29 is 9.53 Å². The van der Waals surface area contributed by atoms with Crippen LogP contribution in [0.1, 0.15) is 27.2 Å². The average Bonchev–Trinajstić information content (AvgIpc) is 2.28. The summed E-state index contributed by atoms with van der Waals surface area (Å²) >= 11 is 0. The van der Waals surface area contributed by atoms with E-state index in [1.54, 1.807) is 0 Å². The molecule has 1 unspecified atom stereocenters. The third kappa shape index (κ3) is 2.49. The quantitative estimate of drug-likeness (QED) is 0.749. The van der Waals surface area contributed by atoms with Gasteiger partial charge in [-0.1, -0.05) is 6.92 Å². The SMILES string of the molecule is CCC(C)(CN)C(=O)N1CCOC[C@H]1C. The fourth-order valence-corrected chi connectivity index (χ4v) is 1.76. The first-order valence-electron chi connectivity index (χ1n) is 5.64. The van der Waals surface area contributed by atoms with E-state index < -0.39 is 5.41 Å². The summed E-state index contributed by atoms with van der Waals surface area (Å²) in [7, 11) is 0.